The van der Waals surface area contributed by atoms with Gasteiger partial charge >= 0.3 is 0 Å². The number of ether oxygens (including phenoxy) is 1. The molecule has 1 aliphatic rings. The number of halogens is 1. The highest BCUT2D eigenvalue weighted by molar-refractivity contribution is 9.10. The highest BCUT2D eigenvalue weighted by Gasteiger charge is 2.19. The maximum absolute atomic E-state index is 9.44. The van der Waals surface area contributed by atoms with Crippen LogP contribution in [0.3, 0.4) is 0 Å². The second-order valence-electron chi connectivity index (χ2n) is 7.75. The average molecular weight is 505 g/mol. The summed E-state index contributed by atoms with van der Waals surface area (Å²) in [6.07, 6.45) is 6.98. The van der Waals surface area contributed by atoms with E-state index in [4.69, 9.17) is 9.72 Å². The Balaban J connectivity index is 1.28. The standard InChI is InChI=1S/C23H21BrN8O/c1-33-21-5-2-16(11-27-21)14-30-6-8-31(9-7-30)20-4-3-17(12-26-20)22-23-18(10-25)13-28-32(23)15-19(24)29-22/h2-5,11-13,15H,6-9,14H2,1H3. The second-order valence-corrected chi connectivity index (χ2v) is 8.57. The van der Waals surface area contributed by atoms with E-state index in [0.29, 0.717) is 27.3 Å². The fourth-order valence-electron chi connectivity index (χ4n) is 4.00. The molecule has 0 bridgehead atoms. The predicted molar refractivity (Wildman–Crippen MR) is 127 cm³/mol. The van der Waals surface area contributed by atoms with Gasteiger partial charge in [-0.05, 0) is 33.6 Å². The van der Waals surface area contributed by atoms with Crippen molar-refractivity contribution in [3.05, 3.63) is 64.8 Å². The molecule has 33 heavy (non-hydrogen) atoms. The van der Waals surface area contributed by atoms with E-state index in [0.717, 1.165) is 44.1 Å². The molecule has 10 heteroatoms. The molecule has 0 aliphatic carbocycles. The summed E-state index contributed by atoms with van der Waals surface area (Å²) in [5.41, 5.74) is 3.86. The first-order valence-electron chi connectivity index (χ1n) is 10.5. The molecule has 0 saturated carbocycles. The van der Waals surface area contributed by atoms with Crippen molar-refractivity contribution in [2.75, 3.05) is 38.2 Å². The van der Waals surface area contributed by atoms with E-state index < -0.39 is 0 Å². The molecule has 0 atom stereocenters. The smallest absolute Gasteiger partial charge is 0.212 e. The Kier molecular flexibility index (Phi) is 5.90. The van der Waals surface area contributed by atoms with Crippen LogP contribution in [0, 0.1) is 11.3 Å². The number of nitrogens with zero attached hydrogens (tertiary/aromatic N) is 8. The quantitative estimate of drug-likeness (QED) is 0.408. The molecule has 166 valence electrons. The van der Waals surface area contributed by atoms with Crippen LogP contribution in [0.5, 0.6) is 5.88 Å². The summed E-state index contributed by atoms with van der Waals surface area (Å²) < 4.78 is 7.44. The lowest BCUT2D eigenvalue weighted by Crippen LogP contribution is -2.46. The molecule has 0 unspecified atom stereocenters. The van der Waals surface area contributed by atoms with Gasteiger partial charge in [0.15, 0.2) is 0 Å². The van der Waals surface area contributed by atoms with E-state index >= 15 is 0 Å². The number of rotatable bonds is 5. The van der Waals surface area contributed by atoms with Gasteiger partial charge in [-0.1, -0.05) is 6.07 Å². The van der Waals surface area contributed by atoms with Crippen molar-refractivity contribution in [1.82, 2.24) is 29.5 Å². The summed E-state index contributed by atoms with van der Waals surface area (Å²) in [5, 5.41) is 13.7. The molecule has 4 aromatic rings. The van der Waals surface area contributed by atoms with Crippen molar-refractivity contribution in [2.45, 2.75) is 6.54 Å². The van der Waals surface area contributed by atoms with E-state index in [9.17, 15) is 5.26 Å². The summed E-state index contributed by atoms with van der Waals surface area (Å²) in [7, 11) is 1.62. The fraction of sp³-hybridized carbons (Fsp3) is 0.261. The molecule has 1 aliphatic heterocycles. The summed E-state index contributed by atoms with van der Waals surface area (Å²) in [6, 6.07) is 10.2. The van der Waals surface area contributed by atoms with Crippen molar-refractivity contribution in [1.29, 1.82) is 5.26 Å². The molecule has 0 radical (unpaired) electrons. The van der Waals surface area contributed by atoms with Crippen molar-refractivity contribution in [2.24, 2.45) is 0 Å². The predicted octanol–water partition coefficient (Wildman–Crippen LogP) is 3.15. The van der Waals surface area contributed by atoms with Crippen molar-refractivity contribution in [3.63, 3.8) is 0 Å². The Labute approximate surface area is 199 Å². The molecule has 0 spiro atoms. The van der Waals surface area contributed by atoms with E-state index in [1.807, 2.05) is 30.6 Å². The zero-order valence-corrected chi connectivity index (χ0v) is 19.6. The topological polar surface area (TPSA) is 95.5 Å². The van der Waals surface area contributed by atoms with Crippen LogP contribution in [0.15, 0.2) is 53.7 Å². The zero-order valence-electron chi connectivity index (χ0n) is 18.0. The van der Waals surface area contributed by atoms with Gasteiger partial charge in [0.05, 0.1) is 19.5 Å². The van der Waals surface area contributed by atoms with Crippen LogP contribution >= 0.6 is 15.9 Å². The normalized spacial score (nSPS) is 14.4. The van der Waals surface area contributed by atoms with Gasteiger partial charge in [0.1, 0.15) is 33.3 Å². The maximum Gasteiger partial charge on any atom is 0.212 e. The van der Waals surface area contributed by atoms with E-state index in [2.05, 4.69) is 52.9 Å². The van der Waals surface area contributed by atoms with Crippen LogP contribution in [0.1, 0.15) is 11.1 Å². The van der Waals surface area contributed by atoms with Gasteiger partial charge < -0.3 is 9.64 Å². The summed E-state index contributed by atoms with van der Waals surface area (Å²) in [5.74, 6) is 1.57. The second kappa shape index (κ2) is 9.13. The van der Waals surface area contributed by atoms with E-state index in [1.165, 1.54) is 5.56 Å². The molecule has 1 fully saturated rings. The lowest BCUT2D eigenvalue weighted by atomic mass is 10.1. The molecule has 9 nitrogen and oxygen atoms in total. The highest BCUT2D eigenvalue weighted by Crippen LogP contribution is 2.28. The number of methoxy groups -OCH3 is 1. The van der Waals surface area contributed by atoms with Crippen molar-refractivity contribution >= 4 is 27.3 Å². The summed E-state index contributed by atoms with van der Waals surface area (Å²) >= 11 is 3.43. The number of fused-ring (bicyclic) bond motifs is 1. The molecule has 0 aromatic carbocycles. The zero-order chi connectivity index (χ0) is 22.8. The van der Waals surface area contributed by atoms with E-state index in [-0.39, 0.29) is 0 Å². The molecule has 0 N–H and O–H groups in total. The van der Waals surface area contributed by atoms with Crippen LogP contribution in [0.2, 0.25) is 0 Å². The van der Waals surface area contributed by atoms with Gasteiger partial charge in [0.2, 0.25) is 5.88 Å². The Bertz CT molecular complexity index is 1310. The molecule has 1 saturated heterocycles. The third-order valence-electron chi connectivity index (χ3n) is 5.72. The van der Waals surface area contributed by atoms with Crippen molar-refractivity contribution in [3.8, 4) is 23.2 Å². The minimum absolute atomic E-state index is 0.484. The Morgan fingerprint density at radius 3 is 2.58 bits per heavy atom. The SMILES string of the molecule is COc1ccc(CN2CCN(c3ccc(-c4nc(Br)cn5ncc(C#N)c45)cn3)CC2)cn1. The van der Waals surface area contributed by atoms with Gasteiger partial charge in [-0.15, -0.1) is 0 Å². The minimum atomic E-state index is 0.484. The third kappa shape index (κ3) is 4.37. The maximum atomic E-state index is 9.44. The number of pyridine rings is 2. The monoisotopic (exact) mass is 504 g/mol. The van der Waals surface area contributed by atoms with Gasteiger partial charge in [-0.2, -0.15) is 10.4 Å². The molecule has 0 amide bonds. The van der Waals surface area contributed by atoms with E-state index in [1.54, 1.807) is 24.0 Å². The van der Waals surface area contributed by atoms with Crippen LogP contribution in [-0.4, -0.2) is 62.8 Å². The molecule has 5 heterocycles. The van der Waals surface area contributed by atoms with Gasteiger partial charge in [0, 0.05) is 56.7 Å². The lowest BCUT2D eigenvalue weighted by Gasteiger charge is -2.35. The van der Waals surface area contributed by atoms with Crippen molar-refractivity contribution < 1.29 is 4.74 Å². The average Bonchev–Trinajstić information content (AvgIpc) is 3.27. The minimum Gasteiger partial charge on any atom is -0.481 e. The highest BCUT2D eigenvalue weighted by atomic mass is 79.9. The first-order valence-corrected chi connectivity index (χ1v) is 11.3. The Hall–Kier alpha value is -3.55. The molecule has 4 aromatic heterocycles. The largest absolute Gasteiger partial charge is 0.481 e. The summed E-state index contributed by atoms with van der Waals surface area (Å²) in [4.78, 5) is 18.3. The van der Waals surface area contributed by atoms with Crippen LogP contribution in [0.4, 0.5) is 5.82 Å². The van der Waals surface area contributed by atoms with Crippen LogP contribution < -0.4 is 9.64 Å². The number of anilines is 1. The Morgan fingerprint density at radius 2 is 1.91 bits per heavy atom. The van der Waals surface area contributed by atoms with Gasteiger partial charge in [-0.25, -0.2) is 19.5 Å². The van der Waals surface area contributed by atoms with Crippen LogP contribution in [-0.2, 0) is 6.54 Å². The number of nitriles is 1. The van der Waals surface area contributed by atoms with Crippen LogP contribution in [0.25, 0.3) is 16.8 Å². The fourth-order valence-corrected chi connectivity index (χ4v) is 4.37. The molecular weight excluding hydrogens is 484 g/mol. The first kappa shape index (κ1) is 21.3. The molecule has 5 rings (SSSR count). The number of piperazine rings is 1. The number of aromatic nitrogens is 5. The van der Waals surface area contributed by atoms with Gasteiger partial charge in [0.25, 0.3) is 0 Å². The molecular formula is C23H21BrN8O. The van der Waals surface area contributed by atoms with Gasteiger partial charge in [-0.3, -0.25) is 4.90 Å². The number of hydrogen-bond donors (Lipinski definition) is 0. The summed E-state index contributed by atoms with van der Waals surface area (Å²) in [6.45, 7) is 4.57. The first-order chi connectivity index (χ1) is 16.1. The third-order valence-corrected chi connectivity index (χ3v) is 6.10. The Morgan fingerprint density at radius 1 is 1.06 bits per heavy atom. The number of hydrogen-bond acceptors (Lipinski definition) is 8. The lowest BCUT2D eigenvalue weighted by molar-refractivity contribution is 0.249.